The fourth-order valence-corrected chi connectivity index (χ4v) is 3.79. The monoisotopic (exact) mass is 401 g/mol. The molecule has 1 aliphatic rings. The molecule has 132 valence electrons. The van der Waals surface area contributed by atoms with Gasteiger partial charge in [0, 0.05) is 17.1 Å². The molecule has 0 atom stereocenters. The van der Waals surface area contributed by atoms with Gasteiger partial charge in [-0.1, -0.05) is 65.5 Å². The van der Waals surface area contributed by atoms with Crippen LogP contribution in [-0.4, -0.2) is 12.0 Å². The number of hydrogen-bond acceptors (Lipinski definition) is 3. The SMILES string of the molecule is O=C(OCc1ccccc1)c1cc(Br)cc(CNC2CCCCC2)c1. The maximum Gasteiger partial charge on any atom is 0.338 e. The van der Waals surface area contributed by atoms with E-state index in [0.29, 0.717) is 18.2 Å². The molecule has 2 aromatic carbocycles. The first-order valence-corrected chi connectivity index (χ1v) is 9.74. The molecular weight excluding hydrogens is 378 g/mol. The first-order chi connectivity index (χ1) is 12.2. The summed E-state index contributed by atoms with van der Waals surface area (Å²) in [4.78, 5) is 12.4. The van der Waals surface area contributed by atoms with Crippen molar-refractivity contribution in [2.75, 3.05) is 0 Å². The van der Waals surface area contributed by atoms with E-state index in [0.717, 1.165) is 22.1 Å². The topological polar surface area (TPSA) is 38.3 Å². The molecule has 0 radical (unpaired) electrons. The summed E-state index contributed by atoms with van der Waals surface area (Å²) in [6.45, 7) is 1.07. The standard InChI is InChI=1S/C21H24BrNO2/c22-19-12-17(14-23-20-9-5-2-6-10-20)11-18(13-19)21(24)25-15-16-7-3-1-4-8-16/h1,3-4,7-8,11-13,20,23H,2,5-6,9-10,14-15H2. The molecule has 0 aromatic heterocycles. The van der Waals surface area contributed by atoms with Gasteiger partial charge in [0.25, 0.3) is 0 Å². The maximum atomic E-state index is 12.4. The number of benzene rings is 2. The van der Waals surface area contributed by atoms with E-state index in [4.69, 9.17) is 4.74 Å². The van der Waals surface area contributed by atoms with Crippen LogP contribution >= 0.6 is 15.9 Å². The first kappa shape index (κ1) is 18.2. The Morgan fingerprint density at radius 3 is 2.56 bits per heavy atom. The van der Waals surface area contributed by atoms with Crippen molar-refractivity contribution in [3.63, 3.8) is 0 Å². The van der Waals surface area contributed by atoms with Gasteiger partial charge in [0.2, 0.25) is 0 Å². The lowest BCUT2D eigenvalue weighted by atomic mass is 9.95. The van der Waals surface area contributed by atoms with Crippen LogP contribution in [0.2, 0.25) is 0 Å². The molecule has 0 spiro atoms. The Hall–Kier alpha value is -1.65. The molecule has 1 N–H and O–H groups in total. The highest BCUT2D eigenvalue weighted by Gasteiger charge is 2.14. The van der Waals surface area contributed by atoms with E-state index in [-0.39, 0.29) is 5.97 Å². The van der Waals surface area contributed by atoms with Crippen LogP contribution in [0.4, 0.5) is 0 Å². The molecule has 25 heavy (non-hydrogen) atoms. The molecule has 1 aliphatic carbocycles. The zero-order valence-corrected chi connectivity index (χ0v) is 15.9. The summed E-state index contributed by atoms with van der Waals surface area (Å²) in [5, 5.41) is 3.62. The lowest BCUT2D eigenvalue weighted by Gasteiger charge is -2.23. The third-order valence-electron chi connectivity index (χ3n) is 4.61. The highest BCUT2D eigenvalue weighted by Crippen LogP contribution is 2.20. The summed E-state index contributed by atoms with van der Waals surface area (Å²) in [5.74, 6) is -0.288. The van der Waals surface area contributed by atoms with Crippen molar-refractivity contribution in [2.45, 2.75) is 51.3 Å². The predicted molar refractivity (Wildman–Crippen MR) is 103 cm³/mol. The van der Waals surface area contributed by atoms with E-state index < -0.39 is 0 Å². The van der Waals surface area contributed by atoms with Gasteiger partial charge in [0.1, 0.15) is 6.61 Å². The van der Waals surface area contributed by atoms with E-state index >= 15 is 0 Å². The van der Waals surface area contributed by atoms with E-state index in [1.165, 1.54) is 32.1 Å². The number of carbonyl (C=O) groups excluding carboxylic acids is 1. The summed E-state index contributed by atoms with van der Waals surface area (Å²) in [6, 6.07) is 16.1. The minimum absolute atomic E-state index is 0.288. The van der Waals surface area contributed by atoms with Crippen molar-refractivity contribution in [3.05, 3.63) is 69.7 Å². The molecule has 0 heterocycles. The van der Waals surface area contributed by atoms with Crippen molar-refractivity contribution < 1.29 is 9.53 Å². The van der Waals surface area contributed by atoms with Crippen LogP contribution in [0.25, 0.3) is 0 Å². The molecule has 0 aliphatic heterocycles. The number of esters is 1. The molecule has 0 unspecified atom stereocenters. The molecule has 0 amide bonds. The van der Waals surface area contributed by atoms with Crippen molar-refractivity contribution in [1.82, 2.24) is 5.32 Å². The Labute approximate surface area is 157 Å². The molecule has 3 nitrogen and oxygen atoms in total. The zero-order valence-electron chi connectivity index (χ0n) is 14.3. The second-order valence-electron chi connectivity index (χ2n) is 6.63. The van der Waals surface area contributed by atoms with E-state index in [9.17, 15) is 4.79 Å². The molecule has 0 saturated heterocycles. The van der Waals surface area contributed by atoms with Crippen LogP contribution in [-0.2, 0) is 17.9 Å². The highest BCUT2D eigenvalue weighted by atomic mass is 79.9. The summed E-state index contributed by atoms with van der Waals surface area (Å²) < 4.78 is 6.34. The second kappa shape index (κ2) is 9.16. The second-order valence-corrected chi connectivity index (χ2v) is 7.54. The van der Waals surface area contributed by atoms with Gasteiger partial charge in [-0.2, -0.15) is 0 Å². The third-order valence-corrected chi connectivity index (χ3v) is 5.06. The number of hydrogen-bond donors (Lipinski definition) is 1. The van der Waals surface area contributed by atoms with E-state index in [2.05, 4.69) is 27.3 Å². The van der Waals surface area contributed by atoms with E-state index in [1.54, 1.807) is 0 Å². The van der Waals surface area contributed by atoms with Gasteiger partial charge in [0.15, 0.2) is 0 Å². The average molecular weight is 402 g/mol. The Bertz CT molecular complexity index is 696. The van der Waals surface area contributed by atoms with Gasteiger partial charge < -0.3 is 10.1 Å². The van der Waals surface area contributed by atoms with Gasteiger partial charge >= 0.3 is 5.97 Å². The normalized spacial score (nSPS) is 15.1. The average Bonchev–Trinajstić information content (AvgIpc) is 2.66. The quantitative estimate of drug-likeness (QED) is 0.673. The van der Waals surface area contributed by atoms with E-state index in [1.807, 2.05) is 42.5 Å². The Morgan fingerprint density at radius 2 is 1.80 bits per heavy atom. The van der Waals surface area contributed by atoms with Crippen molar-refractivity contribution in [1.29, 1.82) is 0 Å². The predicted octanol–water partition coefficient (Wildman–Crippen LogP) is 5.23. The number of nitrogens with one attached hydrogen (secondary N) is 1. The highest BCUT2D eigenvalue weighted by molar-refractivity contribution is 9.10. The number of ether oxygens (including phenoxy) is 1. The minimum atomic E-state index is -0.288. The first-order valence-electron chi connectivity index (χ1n) is 8.94. The smallest absolute Gasteiger partial charge is 0.338 e. The number of carbonyl (C=O) groups is 1. The Kier molecular flexibility index (Phi) is 6.65. The third kappa shape index (κ3) is 5.68. The van der Waals surface area contributed by atoms with Gasteiger partial charge in [-0.3, -0.25) is 0 Å². The van der Waals surface area contributed by atoms with Crippen LogP contribution in [0.15, 0.2) is 53.0 Å². The van der Waals surface area contributed by atoms with Crippen LogP contribution in [0.3, 0.4) is 0 Å². The van der Waals surface area contributed by atoms with Gasteiger partial charge in [0.05, 0.1) is 5.56 Å². The summed E-state index contributed by atoms with van der Waals surface area (Å²) in [7, 11) is 0. The lowest BCUT2D eigenvalue weighted by molar-refractivity contribution is 0.0472. The fourth-order valence-electron chi connectivity index (χ4n) is 3.25. The van der Waals surface area contributed by atoms with Crippen molar-refractivity contribution in [2.24, 2.45) is 0 Å². The molecule has 4 heteroatoms. The van der Waals surface area contributed by atoms with Crippen molar-refractivity contribution >= 4 is 21.9 Å². The zero-order chi connectivity index (χ0) is 17.5. The molecule has 1 fully saturated rings. The fraction of sp³-hybridized carbons (Fsp3) is 0.381. The minimum Gasteiger partial charge on any atom is -0.457 e. The van der Waals surface area contributed by atoms with Gasteiger partial charge in [-0.15, -0.1) is 0 Å². The Morgan fingerprint density at radius 1 is 1.04 bits per heavy atom. The molecular formula is C21H24BrNO2. The van der Waals surface area contributed by atoms with Crippen LogP contribution < -0.4 is 5.32 Å². The molecule has 3 rings (SSSR count). The summed E-state index contributed by atoms with van der Waals surface area (Å²) >= 11 is 3.51. The van der Waals surface area contributed by atoms with Crippen molar-refractivity contribution in [3.8, 4) is 0 Å². The van der Waals surface area contributed by atoms with Crippen LogP contribution in [0.1, 0.15) is 53.6 Å². The van der Waals surface area contributed by atoms with Crippen LogP contribution in [0.5, 0.6) is 0 Å². The number of halogens is 1. The lowest BCUT2D eigenvalue weighted by Crippen LogP contribution is -2.30. The van der Waals surface area contributed by atoms with Gasteiger partial charge in [-0.05, 0) is 42.2 Å². The van der Waals surface area contributed by atoms with Crippen LogP contribution in [0, 0.1) is 0 Å². The molecule has 1 saturated carbocycles. The summed E-state index contributed by atoms with van der Waals surface area (Å²) in [6.07, 6.45) is 6.48. The molecule has 2 aromatic rings. The number of rotatable bonds is 6. The molecule has 0 bridgehead atoms. The largest absolute Gasteiger partial charge is 0.457 e. The maximum absolute atomic E-state index is 12.4. The summed E-state index contributed by atoms with van der Waals surface area (Å²) in [5.41, 5.74) is 2.68. The Balaban J connectivity index is 1.59. The van der Waals surface area contributed by atoms with Gasteiger partial charge in [-0.25, -0.2) is 4.79 Å².